The molecule has 1 aromatic carbocycles. The quantitative estimate of drug-likeness (QED) is 0.615. The van der Waals surface area contributed by atoms with Gasteiger partial charge in [-0.15, -0.1) is 0 Å². The van der Waals surface area contributed by atoms with E-state index in [1.165, 1.54) is 0 Å². The molecule has 2 heteroatoms. The molecule has 1 heterocycles. The maximum Gasteiger partial charge on any atom is 0.0702 e. The van der Waals surface area contributed by atoms with E-state index in [-0.39, 0.29) is 0 Å². The molecule has 0 N–H and O–H groups in total. The fraction of sp³-hybridized carbons (Fsp3) is 0. The smallest absolute Gasteiger partial charge is 0.0702 e. The maximum absolute atomic E-state index is 4.84. The largest absolute Gasteiger partial charge is 0.256 e. The van der Waals surface area contributed by atoms with Gasteiger partial charge in [-0.1, -0.05) is 24.4 Å². The first kappa shape index (κ1) is 7.37. The van der Waals surface area contributed by atoms with Crippen molar-refractivity contribution < 1.29 is 0 Å². The van der Waals surface area contributed by atoms with E-state index in [0.29, 0.717) is 0 Å². The number of rotatable bonds is 1. The molecule has 0 saturated carbocycles. The number of thiocarbonyl (C=S) groups is 1. The Morgan fingerprint density at radius 2 is 2.17 bits per heavy atom. The van der Waals surface area contributed by atoms with E-state index in [1.54, 1.807) is 11.6 Å². The zero-order valence-corrected chi connectivity index (χ0v) is 7.21. The predicted molar refractivity (Wildman–Crippen MR) is 54.5 cm³/mol. The Labute approximate surface area is 76.1 Å². The molecule has 0 aliphatic carbocycles. The average Bonchev–Trinajstić information content (AvgIpc) is 2.17. The molecule has 0 atom stereocenters. The summed E-state index contributed by atoms with van der Waals surface area (Å²) in [5.74, 6) is 0. The van der Waals surface area contributed by atoms with Gasteiger partial charge in [0.2, 0.25) is 0 Å². The first-order chi connectivity index (χ1) is 5.90. The second kappa shape index (κ2) is 2.99. The first-order valence-electron chi connectivity index (χ1n) is 3.70. The molecule has 58 valence electrons. The summed E-state index contributed by atoms with van der Waals surface area (Å²) in [6.45, 7) is 0. The Bertz CT molecular complexity index is 423. The van der Waals surface area contributed by atoms with E-state index in [0.717, 1.165) is 16.5 Å². The van der Waals surface area contributed by atoms with Gasteiger partial charge in [0.1, 0.15) is 0 Å². The number of benzene rings is 1. The van der Waals surface area contributed by atoms with Crippen molar-refractivity contribution in [3.8, 4) is 0 Å². The summed E-state index contributed by atoms with van der Waals surface area (Å²) >= 11 is 4.84. The van der Waals surface area contributed by atoms with Gasteiger partial charge in [-0.3, -0.25) is 4.98 Å². The first-order valence-corrected chi connectivity index (χ1v) is 4.17. The Balaban J connectivity index is 2.75. The summed E-state index contributed by atoms with van der Waals surface area (Å²) in [7, 11) is 0. The van der Waals surface area contributed by atoms with Crippen LogP contribution >= 0.6 is 12.2 Å². The minimum absolute atomic E-state index is 1.01. The molecule has 0 fully saturated rings. The number of fused-ring (bicyclic) bond motifs is 1. The van der Waals surface area contributed by atoms with Crippen molar-refractivity contribution in [3.63, 3.8) is 0 Å². The number of hydrogen-bond donors (Lipinski definition) is 0. The van der Waals surface area contributed by atoms with Crippen LogP contribution in [0.2, 0.25) is 0 Å². The van der Waals surface area contributed by atoms with Crippen LogP contribution in [0.25, 0.3) is 10.9 Å². The number of pyridine rings is 1. The van der Waals surface area contributed by atoms with Crippen LogP contribution in [-0.2, 0) is 0 Å². The molecular formula is C10H7NS. The Morgan fingerprint density at radius 3 is 3.00 bits per heavy atom. The van der Waals surface area contributed by atoms with E-state index in [2.05, 4.69) is 4.98 Å². The summed E-state index contributed by atoms with van der Waals surface area (Å²) in [6, 6.07) is 9.95. The summed E-state index contributed by atoms with van der Waals surface area (Å²) < 4.78 is 0. The number of hydrogen-bond acceptors (Lipinski definition) is 2. The van der Waals surface area contributed by atoms with Crippen molar-refractivity contribution in [2.45, 2.75) is 0 Å². The van der Waals surface area contributed by atoms with Gasteiger partial charge in [0.25, 0.3) is 0 Å². The zero-order chi connectivity index (χ0) is 8.39. The number of nitrogens with zero attached hydrogens (tertiary/aromatic N) is 1. The maximum atomic E-state index is 4.84. The van der Waals surface area contributed by atoms with Crippen molar-refractivity contribution in [1.29, 1.82) is 0 Å². The highest BCUT2D eigenvalue weighted by atomic mass is 32.1. The van der Waals surface area contributed by atoms with E-state index >= 15 is 0 Å². The molecule has 0 aliphatic rings. The molecule has 0 amide bonds. The van der Waals surface area contributed by atoms with Gasteiger partial charge in [-0.05, 0) is 23.8 Å². The monoisotopic (exact) mass is 173 g/mol. The van der Waals surface area contributed by atoms with Crippen molar-refractivity contribution in [3.05, 3.63) is 42.1 Å². The lowest BCUT2D eigenvalue weighted by molar-refractivity contribution is 1.41. The van der Waals surface area contributed by atoms with Gasteiger partial charge in [-0.2, -0.15) is 0 Å². The summed E-state index contributed by atoms with van der Waals surface area (Å²) in [4.78, 5) is 4.21. The summed E-state index contributed by atoms with van der Waals surface area (Å²) in [5.41, 5.74) is 2.07. The fourth-order valence-corrected chi connectivity index (χ4v) is 1.31. The number of aromatic nitrogens is 1. The average molecular weight is 173 g/mol. The van der Waals surface area contributed by atoms with Gasteiger partial charge in [0, 0.05) is 17.0 Å². The third-order valence-corrected chi connectivity index (χ3v) is 2.04. The highest BCUT2D eigenvalue weighted by Gasteiger charge is 1.92. The molecule has 1 nitrogen and oxygen atoms in total. The minimum Gasteiger partial charge on any atom is -0.256 e. The van der Waals surface area contributed by atoms with Crippen LogP contribution in [0.5, 0.6) is 0 Å². The molecule has 12 heavy (non-hydrogen) atoms. The molecule has 0 radical (unpaired) electrons. The lowest BCUT2D eigenvalue weighted by Crippen LogP contribution is -1.80. The zero-order valence-electron chi connectivity index (χ0n) is 6.40. The molecule has 0 aliphatic heterocycles. The molecule has 0 bridgehead atoms. The standard InChI is InChI=1S/C10H7NS/c12-7-8-3-4-10-9(6-8)2-1-5-11-10/h1-7H. The van der Waals surface area contributed by atoms with Crippen LogP contribution < -0.4 is 0 Å². The van der Waals surface area contributed by atoms with Crippen LogP contribution in [0, 0.1) is 0 Å². The molecule has 2 aromatic rings. The second-order valence-electron chi connectivity index (χ2n) is 2.57. The van der Waals surface area contributed by atoms with Crippen LogP contribution in [0.1, 0.15) is 5.56 Å². The topological polar surface area (TPSA) is 12.9 Å². The molecule has 2 rings (SSSR count). The van der Waals surface area contributed by atoms with Crippen LogP contribution in [0.15, 0.2) is 36.5 Å². The van der Waals surface area contributed by atoms with Crippen molar-refractivity contribution in [2.24, 2.45) is 0 Å². The van der Waals surface area contributed by atoms with Gasteiger partial charge in [0.05, 0.1) is 5.52 Å². The van der Waals surface area contributed by atoms with E-state index in [1.807, 2.05) is 30.3 Å². The van der Waals surface area contributed by atoms with Crippen molar-refractivity contribution in [1.82, 2.24) is 4.98 Å². The Kier molecular flexibility index (Phi) is 1.84. The fourth-order valence-electron chi connectivity index (χ4n) is 1.17. The lowest BCUT2D eigenvalue weighted by Gasteiger charge is -1.96. The highest BCUT2D eigenvalue weighted by molar-refractivity contribution is 7.79. The summed E-state index contributed by atoms with van der Waals surface area (Å²) in [6.07, 6.45) is 1.79. The van der Waals surface area contributed by atoms with Gasteiger partial charge < -0.3 is 0 Å². The van der Waals surface area contributed by atoms with Crippen LogP contribution in [-0.4, -0.2) is 10.4 Å². The Morgan fingerprint density at radius 1 is 1.25 bits per heavy atom. The van der Waals surface area contributed by atoms with Crippen LogP contribution in [0.4, 0.5) is 0 Å². The van der Waals surface area contributed by atoms with Crippen LogP contribution in [0.3, 0.4) is 0 Å². The predicted octanol–water partition coefficient (Wildman–Crippen LogP) is 2.58. The highest BCUT2D eigenvalue weighted by Crippen LogP contribution is 2.11. The molecular weight excluding hydrogens is 166 g/mol. The lowest BCUT2D eigenvalue weighted by atomic mass is 10.1. The van der Waals surface area contributed by atoms with Crippen molar-refractivity contribution in [2.75, 3.05) is 0 Å². The third kappa shape index (κ3) is 1.21. The van der Waals surface area contributed by atoms with Crippen molar-refractivity contribution >= 4 is 28.5 Å². The Hall–Kier alpha value is -1.28. The van der Waals surface area contributed by atoms with Gasteiger partial charge in [0.15, 0.2) is 0 Å². The third-order valence-electron chi connectivity index (χ3n) is 1.76. The van der Waals surface area contributed by atoms with Gasteiger partial charge >= 0.3 is 0 Å². The van der Waals surface area contributed by atoms with E-state index < -0.39 is 0 Å². The molecule has 0 unspecified atom stereocenters. The molecule has 1 aromatic heterocycles. The van der Waals surface area contributed by atoms with Gasteiger partial charge in [-0.25, -0.2) is 0 Å². The van der Waals surface area contributed by atoms with E-state index in [9.17, 15) is 0 Å². The second-order valence-corrected chi connectivity index (χ2v) is 2.81. The molecule has 0 spiro atoms. The van der Waals surface area contributed by atoms with E-state index in [4.69, 9.17) is 12.2 Å². The normalized spacial score (nSPS) is 10.0. The summed E-state index contributed by atoms with van der Waals surface area (Å²) in [5, 5.41) is 2.81. The SMILES string of the molecule is S=Cc1ccc2ncccc2c1. The minimum atomic E-state index is 1.01. The molecule has 0 saturated heterocycles.